The lowest BCUT2D eigenvalue weighted by atomic mass is 9.79. The summed E-state index contributed by atoms with van der Waals surface area (Å²) in [6.07, 6.45) is 4.92. The predicted molar refractivity (Wildman–Crippen MR) is 66.0 cm³/mol. The molecule has 4 heteroatoms. The highest BCUT2D eigenvalue weighted by molar-refractivity contribution is 5.87. The lowest BCUT2D eigenvalue weighted by Gasteiger charge is -2.29. The van der Waals surface area contributed by atoms with Crippen molar-refractivity contribution < 1.29 is 19.4 Å². The summed E-state index contributed by atoms with van der Waals surface area (Å²) < 4.78 is 5.37. The van der Waals surface area contributed by atoms with Gasteiger partial charge in [-0.15, -0.1) is 0 Å². The molecule has 1 aliphatic carbocycles. The van der Waals surface area contributed by atoms with Gasteiger partial charge in [-0.1, -0.05) is 26.7 Å². The van der Waals surface area contributed by atoms with Gasteiger partial charge in [0.15, 0.2) is 0 Å². The highest BCUT2D eigenvalue weighted by Gasteiger charge is 2.57. The molecule has 2 atom stereocenters. The van der Waals surface area contributed by atoms with Gasteiger partial charge in [-0.2, -0.15) is 0 Å². The fraction of sp³-hybridized carbons (Fsp3) is 0.857. The van der Waals surface area contributed by atoms with Crippen LogP contribution in [0.2, 0.25) is 0 Å². The zero-order chi connectivity index (χ0) is 13.3. The minimum absolute atomic E-state index is 0.0103. The molecule has 2 unspecified atom stereocenters. The van der Waals surface area contributed by atoms with E-state index in [4.69, 9.17) is 4.74 Å². The van der Waals surface area contributed by atoms with Crippen LogP contribution in [0.3, 0.4) is 0 Å². The smallest absolute Gasteiger partial charge is 0.348 e. The number of cyclic esters (lactones) is 1. The van der Waals surface area contributed by atoms with E-state index < -0.39 is 11.6 Å². The SMILES string of the molecule is CC(C)CC1CC(C(=O)O)(C2CCCC2)OC1=O. The van der Waals surface area contributed by atoms with E-state index >= 15 is 0 Å². The Balaban J connectivity index is 2.17. The number of carboxylic acids is 1. The molecule has 2 aliphatic rings. The Kier molecular flexibility index (Phi) is 3.64. The third-order valence-electron chi connectivity index (χ3n) is 4.30. The molecule has 2 fully saturated rings. The Bertz CT molecular complexity index is 344. The fourth-order valence-electron chi connectivity index (χ4n) is 3.45. The maximum absolute atomic E-state index is 11.9. The third kappa shape index (κ3) is 2.25. The predicted octanol–water partition coefficient (Wildman–Crippen LogP) is 2.61. The van der Waals surface area contributed by atoms with Crippen LogP contribution in [0.4, 0.5) is 0 Å². The first kappa shape index (κ1) is 13.4. The number of rotatable bonds is 4. The molecule has 1 heterocycles. The van der Waals surface area contributed by atoms with Gasteiger partial charge in [0.05, 0.1) is 5.92 Å². The number of aliphatic carboxylic acids is 1. The van der Waals surface area contributed by atoms with E-state index in [1.54, 1.807) is 0 Å². The Hall–Kier alpha value is -1.06. The molecule has 1 saturated heterocycles. The van der Waals surface area contributed by atoms with Crippen LogP contribution < -0.4 is 0 Å². The van der Waals surface area contributed by atoms with Crippen LogP contribution in [-0.4, -0.2) is 22.6 Å². The first-order valence-corrected chi connectivity index (χ1v) is 6.92. The summed E-state index contributed by atoms with van der Waals surface area (Å²) in [6.45, 7) is 4.09. The van der Waals surface area contributed by atoms with E-state index in [2.05, 4.69) is 0 Å². The highest BCUT2D eigenvalue weighted by atomic mass is 16.6. The van der Waals surface area contributed by atoms with Crippen molar-refractivity contribution in [2.45, 2.75) is 58.0 Å². The average Bonchev–Trinajstić information content (AvgIpc) is 2.87. The molecule has 0 spiro atoms. The van der Waals surface area contributed by atoms with Crippen molar-refractivity contribution in [1.29, 1.82) is 0 Å². The van der Waals surface area contributed by atoms with E-state index in [1.807, 2.05) is 13.8 Å². The maximum Gasteiger partial charge on any atom is 0.348 e. The molecule has 1 N–H and O–H groups in total. The van der Waals surface area contributed by atoms with Gasteiger partial charge in [0, 0.05) is 12.3 Å². The molecule has 0 aromatic rings. The number of hydrogen-bond donors (Lipinski definition) is 1. The molecular formula is C14H22O4. The van der Waals surface area contributed by atoms with Crippen molar-refractivity contribution in [1.82, 2.24) is 0 Å². The number of carbonyl (C=O) groups excluding carboxylic acids is 1. The molecule has 0 aromatic carbocycles. The number of hydrogen-bond acceptors (Lipinski definition) is 3. The minimum Gasteiger partial charge on any atom is -0.478 e. The van der Waals surface area contributed by atoms with Crippen LogP contribution in [-0.2, 0) is 14.3 Å². The molecule has 18 heavy (non-hydrogen) atoms. The number of carboxylic acid groups (broad SMARTS) is 1. The Morgan fingerprint density at radius 1 is 1.44 bits per heavy atom. The second-order valence-corrected chi connectivity index (χ2v) is 6.13. The molecule has 1 saturated carbocycles. The van der Waals surface area contributed by atoms with Crippen molar-refractivity contribution in [3.63, 3.8) is 0 Å². The van der Waals surface area contributed by atoms with Crippen LogP contribution in [0.15, 0.2) is 0 Å². The normalized spacial score (nSPS) is 33.1. The lowest BCUT2D eigenvalue weighted by molar-refractivity contribution is -0.176. The first-order valence-electron chi connectivity index (χ1n) is 6.92. The highest BCUT2D eigenvalue weighted by Crippen LogP contribution is 2.46. The summed E-state index contributed by atoms with van der Waals surface area (Å²) >= 11 is 0. The Morgan fingerprint density at radius 3 is 2.56 bits per heavy atom. The maximum atomic E-state index is 11.9. The van der Waals surface area contributed by atoms with Crippen LogP contribution in [0, 0.1) is 17.8 Å². The summed E-state index contributed by atoms with van der Waals surface area (Å²) in [4.78, 5) is 23.5. The molecule has 0 bridgehead atoms. The summed E-state index contributed by atoms with van der Waals surface area (Å²) in [7, 11) is 0. The number of carbonyl (C=O) groups is 2. The average molecular weight is 254 g/mol. The van der Waals surface area contributed by atoms with E-state index in [1.165, 1.54) is 0 Å². The summed E-state index contributed by atoms with van der Waals surface area (Å²) in [6, 6.07) is 0. The van der Waals surface area contributed by atoms with Crippen LogP contribution in [0.5, 0.6) is 0 Å². The molecule has 0 radical (unpaired) electrons. The molecule has 0 amide bonds. The molecule has 1 aliphatic heterocycles. The Morgan fingerprint density at radius 2 is 2.06 bits per heavy atom. The molecular weight excluding hydrogens is 232 g/mol. The zero-order valence-electron chi connectivity index (χ0n) is 11.1. The molecule has 0 aromatic heterocycles. The minimum atomic E-state index is -1.23. The third-order valence-corrected chi connectivity index (χ3v) is 4.30. The summed E-state index contributed by atoms with van der Waals surface area (Å²) in [5.41, 5.74) is -1.23. The van der Waals surface area contributed by atoms with E-state index in [0.717, 1.165) is 32.1 Å². The van der Waals surface area contributed by atoms with Gasteiger partial charge in [-0.3, -0.25) is 4.79 Å². The van der Waals surface area contributed by atoms with Crippen molar-refractivity contribution in [3.8, 4) is 0 Å². The second-order valence-electron chi connectivity index (χ2n) is 6.13. The van der Waals surface area contributed by atoms with Crippen molar-refractivity contribution >= 4 is 11.9 Å². The summed E-state index contributed by atoms with van der Waals surface area (Å²) in [5, 5.41) is 9.52. The quantitative estimate of drug-likeness (QED) is 0.783. The lowest BCUT2D eigenvalue weighted by Crippen LogP contribution is -2.44. The van der Waals surface area contributed by atoms with Crippen molar-refractivity contribution in [3.05, 3.63) is 0 Å². The van der Waals surface area contributed by atoms with Gasteiger partial charge in [0.2, 0.25) is 5.60 Å². The zero-order valence-corrected chi connectivity index (χ0v) is 11.1. The van der Waals surface area contributed by atoms with Gasteiger partial charge in [-0.25, -0.2) is 4.79 Å². The van der Waals surface area contributed by atoms with Gasteiger partial charge < -0.3 is 9.84 Å². The number of ether oxygens (including phenoxy) is 1. The van der Waals surface area contributed by atoms with Gasteiger partial charge in [0.25, 0.3) is 0 Å². The largest absolute Gasteiger partial charge is 0.478 e. The first-order chi connectivity index (χ1) is 8.45. The number of esters is 1. The molecule has 4 nitrogen and oxygen atoms in total. The van der Waals surface area contributed by atoms with E-state index in [0.29, 0.717) is 12.3 Å². The summed E-state index contributed by atoms with van der Waals surface area (Å²) in [5.74, 6) is -1.10. The Labute approximate surface area is 108 Å². The van der Waals surface area contributed by atoms with E-state index in [9.17, 15) is 14.7 Å². The van der Waals surface area contributed by atoms with Crippen molar-refractivity contribution in [2.24, 2.45) is 17.8 Å². The van der Waals surface area contributed by atoms with Gasteiger partial charge in [-0.05, 0) is 25.2 Å². The molecule has 2 rings (SSSR count). The van der Waals surface area contributed by atoms with Crippen LogP contribution >= 0.6 is 0 Å². The van der Waals surface area contributed by atoms with Gasteiger partial charge >= 0.3 is 11.9 Å². The van der Waals surface area contributed by atoms with Crippen molar-refractivity contribution in [2.75, 3.05) is 0 Å². The topological polar surface area (TPSA) is 63.6 Å². The monoisotopic (exact) mass is 254 g/mol. The van der Waals surface area contributed by atoms with Crippen LogP contribution in [0.25, 0.3) is 0 Å². The van der Waals surface area contributed by atoms with E-state index in [-0.39, 0.29) is 17.8 Å². The van der Waals surface area contributed by atoms with Crippen LogP contribution in [0.1, 0.15) is 52.4 Å². The molecule has 102 valence electrons. The standard InChI is InChI=1S/C14H22O4/c1-9(2)7-10-8-14(13(16)17,18-12(10)15)11-5-3-4-6-11/h9-11H,3-8H2,1-2H3,(H,16,17). The fourth-order valence-corrected chi connectivity index (χ4v) is 3.45. The van der Waals surface area contributed by atoms with Gasteiger partial charge in [0.1, 0.15) is 0 Å². The second kappa shape index (κ2) is 4.90.